The zero-order valence-corrected chi connectivity index (χ0v) is 8.30. The molecule has 1 saturated heterocycles. The number of aliphatic carboxylic acids is 1. The summed E-state index contributed by atoms with van der Waals surface area (Å²) < 4.78 is 0. The minimum Gasteiger partial charge on any atom is -0.481 e. The van der Waals surface area contributed by atoms with Crippen LogP contribution in [0.2, 0.25) is 0 Å². The number of hydrogen-bond donors (Lipinski definition) is 1. The number of carboxylic acid groups (broad SMARTS) is 1. The van der Waals surface area contributed by atoms with Gasteiger partial charge in [0.1, 0.15) is 0 Å². The van der Waals surface area contributed by atoms with Crippen molar-refractivity contribution in [1.29, 1.82) is 0 Å². The van der Waals surface area contributed by atoms with Crippen LogP contribution in [0.5, 0.6) is 0 Å². The highest BCUT2D eigenvalue weighted by molar-refractivity contribution is 5.85. The Morgan fingerprint density at radius 3 is 2.58 bits per heavy atom. The van der Waals surface area contributed by atoms with Crippen LogP contribution in [0.25, 0.3) is 0 Å². The molecule has 72 valence electrons. The van der Waals surface area contributed by atoms with Crippen molar-refractivity contribution in [3.63, 3.8) is 0 Å². The maximum atomic E-state index is 10.6. The molecule has 4 heteroatoms. The van der Waals surface area contributed by atoms with Crippen LogP contribution >= 0.6 is 12.4 Å². The lowest BCUT2D eigenvalue weighted by Gasteiger charge is -2.22. The van der Waals surface area contributed by atoms with Gasteiger partial charge in [-0.05, 0) is 26.4 Å². The SMILES string of the molecule is CC(C(=O)O)C1CCCN1C.Cl. The first-order valence-corrected chi connectivity index (χ1v) is 4.06. The van der Waals surface area contributed by atoms with Gasteiger partial charge in [0.2, 0.25) is 0 Å². The lowest BCUT2D eigenvalue weighted by atomic mass is 10.0. The molecule has 2 atom stereocenters. The molecule has 1 heterocycles. The first-order valence-electron chi connectivity index (χ1n) is 4.06. The van der Waals surface area contributed by atoms with E-state index in [1.165, 1.54) is 0 Å². The van der Waals surface area contributed by atoms with Crippen molar-refractivity contribution in [3.8, 4) is 0 Å². The van der Waals surface area contributed by atoms with Crippen LogP contribution in [-0.2, 0) is 4.79 Å². The average Bonchev–Trinajstić information content (AvgIpc) is 2.33. The van der Waals surface area contributed by atoms with Gasteiger partial charge in [0.25, 0.3) is 0 Å². The topological polar surface area (TPSA) is 40.5 Å². The number of hydrogen-bond acceptors (Lipinski definition) is 2. The summed E-state index contributed by atoms with van der Waals surface area (Å²) in [6, 6.07) is 0.257. The lowest BCUT2D eigenvalue weighted by molar-refractivity contribution is -0.142. The molecule has 3 nitrogen and oxygen atoms in total. The fourth-order valence-electron chi connectivity index (χ4n) is 1.73. The number of carbonyl (C=O) groups is 1. The van der Waals surface area contributed by atoms with E-state index in [-0.39, 0.29) is 24.4 Å². The Balaban J connectivity index is 0.00000121. The smallest absolute Gasteiger partial charge is 0.307 e. The summed E-state index contributed by atoms with van der Waals surface area (Å²) >= 11 is 0. The molecule has 1 aliphatic heterocycles. The highest BCUT2D eigenvalue weighted by Crippen LogP contribution is 2.21. The van der Waals surface area contributed by atoms with Crippen LogP contribution in [0, 0.1) is 5.92 Å². The van der Waals surface area contributed by atoms with Gasteiger partial charge in [-0.15, -0.1) is 12.4 Å². The second kappa shape index (κ2) is 4.67. The second-order valence-corrected chi connectivity index (χ2v) is 3.32. The maximum Gasteiger partial charge on any atom is 0.307 e. The Hall–Kier alpha value is -0.280. The predicted molar refractivity (Wildman–Crippen MR) is 49.7 cm³/mol. The van der Waals surface area contributed by atoms with E-state index in [0.717, 1.165) is 19.4 Å². The molecule has 1 fully saturated rings. The lowest BCUT2D eigenvalue weighted by Crippen LogP contribution is -2.35. The summed E-state index contributed by atoms with van der Waals surface area (Å²) in [5.41, 5.74) is 0. The number of halogens is 1. The van der Waals surface area contributed by atoms with Gasteiger partial charge in [-0.2, -0.15) is 0 Å². The molecule has 0 aromatic carbocycles. The summed E-state index contributed by atoms with van der Waals surface area (Å²) in [7, 11) is 2.00. The van der Waals surface area contributed by atoms with E-state index in [1.807, 2.05) is 7.05 Å². The molecule has 0 aromatic heterocycles. The van der Waals surface area contributed by atoms with Crippen LogP contribution in [0.4, 0.5) is 0 Å². The van der Waals surface area contributed by atoms with Crippen LogP contribution in [0.1, 0.15) is 19.8 Å². The highest BCUT2D eigenvalue weighted by Gasteiger charge is 2.30. The molecule has 0 aromatic rings. The first kappa shape index (κ1) is 11.7. The summed E-state index contributed by atoms with van der Waals surface area (Å²) in [5, 5.41) is 8.73. The molecule has 0 amide bonds. The Kier molecular flexibility index (Phi) is 4.57. The number of nitrogens with zero attached hydrogens (tertiary/aromatic N) is 1. The van der Waals surface area contributed by atoms with Crippen molar-refractivity contribution in [2.75, 3.05) is 13.6 Å². The number of rotatable bonds is 2. The fraction of sp³-hybridized carbons (Fsp3) is 0.875. The molecule has 2 unspecified atom stereocenters. The van der Waals surface area contributed by atoms with Crippen molar-refractivity contribution >= 4 is 18.4 Å². The molecule has 0 bridgehead atoms. The van der Waals surface area contributed by atoms with Gasteiger partial charge in [-0.3, -0.25) is 4.79 Å². The molecule has 0 spiro atoms. The first-order chi connectivity index (χ1) is 5.13. The van der Waals surface area contributed by atoms with Gasteiger partial charge in [-0.25, -0.2) is 0 Å². The summed E-state index contributed by atoms with van der Waals surface area (Å²) in [4.78, 5) is 12.7. The van der Waals surface area contributed by atoms with E-state index in [0.29, 0.717) is 0 Å². The van der Waals surface area contributed by atoms with Crippen molar-refractivity contribution in [1.82, 2.24) is 4.90 Å². The van der Waals surface area contributed by atoms with Crippen molar-refractivity contribution in [2.24, 2.45) is 5.92 Å². The van der Waals surface area contributed by atoms with Gasteiger partial charge >= 0.3 is 5.97 Å². The Bertz CT molecular complexity index is 163. The molecule has 1 aliphatic rings. The monoisotopic (exact) mass is 193 g/mol. The van der Waals surface area contributed by atoms with E-state index in [4.69, 9.17) is 5.11 Å². The van der Waals surface area contributed by atoms with E-state index < -0.39 is 5.97 Å². The third kappa shape index (κ3) is 2.35. The van der Waals surface area contributed by atoms with Crippen LogP contribution in [0.15, 0.2) is 0 Å². The van der Waals surface area contributed by atoms with E-state index in [1.54, 1.807) is 6.92 Å². The summed E-state index contributed by atoms with van der Waals surface area (Å²) in [5.74, 6) is -0.897. The summed E-state index contributed by atoms with van der Waals surface area (Å²) in [6.07, 6.45) is 2.17. The van der Waals surface area contributed by atoms with E-state index in [9.17, 15) is 4.79 Å². The van der Waals surface area contributed by atoms with Crippen molar-refractivity contribution < 1.29 is 9.90 Å². The largest absolute Gasteiger partial charge is 0.481 e. The Labute approximate surface area is 79.2 Å². The third-order valence-electron chi connectivity index (χ3n) is 2.54. The molecule has 0 saturated carbocycles. The van der Waals surface area contributed by atoms with Crippen molar-refractivity contribution in [2.45, 2.75) is 25.8 Å². The van der Waals surface area contributed by atoms with Crippen LogP contribution in [0.3, 0.4) is 0 Å². The normalized spacial score (nSPS) is 26.3. The zero-order valence-electron chi connectivity index (χ0n) is 7.49. The number of carboxylic acids is 1. The van der Waals surface area contributed by atoms with Gasteiger partial charge < -0.3 is 10.0 Å². The van der Waals surface area contributed by atoms with E-state index >= 15 is 0 Å². The van der Waals surface area contributed by atoms with Gasteiger partial charge in [0.15, 0.2) is 0 Å². The molecule has 1 N–H and O–H groups in total. The van der Waals surface area contributed by atoms with Crippen molar-refractivity contribution in [3.05, 3.63) is 0 Å². The highest BCUT2D eigenvalue weighted by atomic mass is 35.5. The quantitative estimate of drug-likeness (QED) is 0.717. The van der Waals surface area contributed by atoms with Crippen LogP contribution in [-0.4, -0.2) is 35.6 Å². The fourth-order valence-corrected chi connectivity index (χ4v) is 1.73. The molecule has 0 aliphatic carbocycles. The Morgan fingerprint density at radius 2 is 2.25 bits per heavy atom. The van der Waals surface area contributed by atoms with Gasteiger partial charge in [0, 0.05) is 6.04 Å². The standard InChI is InChI=1S/C8H15NO2.ClH/c1-6(8(10)11)7-4-3-5-9(7)2;/h6-7H,3-5H2,1-2H3,(H,10,11);1H. The molecular formula is C8H16ClNO2. The molecular weight excluding hydrogens is 178 g/mol. The summed E-state index contributed by atoms with van der Waals surface area (Å²) in [6.45, 7) is 2.83. The van der Waals surface area contributed by atoms with Gasteiger partial charge in [-0.1, -0.05) is 6.92 Å². The third-order valence-corrected chi connectivity index (χ3v) is 2.54. The number of likely N-dealkylation sites (tertiary alicyclic amines) is 1. The average molecular weight is 194 g/mol. The van der Waals surface area contributed by atoms with E-state index in [2.05, 4.69) is 4.90 Å². The zero-order chi connectivity index (χ0) is 8.43. The minimum absolute atomic E-state index is 0. The second-order valence-electron chi connectivity index (χ2n) is 3.32. The minimum atomic E-state index is -0.677. The molecule has 0 radical (unpaired) electrons. The molecule has 12 heavy (non-hydrogen) atoms. The predicted octanol–water partition coefficient (Wildman–Crippen LogP) is 1.22. The van der Waals surface area contributed by atoms with Gasteiger partial charge in [0.05, 0.1) is 5.92 Å². The Morgan fingerprint density at radius 1 is 1.67 bits per heavy atom. The van der Waals surface area contributed by atoms with Crippen LogP contribution < -0.4 is 0 Å². The maximum absolute atomic E-state index is 10.6. The molecule has 1 rings (SSSR count).